The van der Waals surface area contributed by atoms with Gasteiger partial charge in [-0.1, -0.05) is 67.2 Å². The standard InChI is InChI=1S/C31H39BN4O3S/c1-9-28(29(33-8)21(2)3)40(38,39)34-27-15-12-24(20-26(27)32)23(5)35-16-18-36(19-17-35)30(37)31(6,7)25-13-10-22(4)11-14-25/h9-15,20,34H,1-2,5,8,16-19,32H2,3-4,6-7H3/b29-28-. The Hall–Kier alpha value is -3.85. The van der Waals surface area contributed by atoms with Crippen LogP contribution in [0.2, 0.25) is 0 Å². The number of benzene rings is 2. The van der Waals surface area contributed by atoms with E-state index in [1.807, 2.05) is 69.9 Å². The molecule has 1 fully saturated rings. The highest BCUT2D eigenvalue weighted by Crippen LogP contribution is 2.28. The molecule has 3 rings (SSSR count). The summed E-state index contributed by atoms with van der Waals surface area (Å²) in [4.78, 5) is 21.2. The van der Waals surface area contributed by atoms with Crippen molar-refractivity contribution in [2.45, 2.75) is 33.1 Å². The first-order valence-electron chi connectivity index (χ1n) is 13.2. The van der Waals surface area contributed by atoms with Gasteiger partial charge in [-0.25, -0.2) is 8.42 Å². The van der Waals surface area contributed by atoms with E-state index in [1.165, 1.54) is 11.6 Å². The molecule has 1 amide bonds. The molecule has 2 aromatic rings. The number of amides is 1. The molecule has 0 radical (unpaired) electrons. The van der Waals surface area contributed by atoms with Crippen LogP contribution in [0.4, 0.5) is 5.69 Å². The Morgan fingerprint density at radius 2 is 1.62 bits per heavy atom. The third-order valence-electron chi connectivity index (χ3n) is 7.33. The first kappa shape index (κ1) is 30.7. The largest absolute Gasteiger partial charge is 0.368 e. The summed E-state index contributed by atoms with van der Waals surface area (Å²) < 4.78 is 28.8. The van der Waals surface area contributed by atoms with Crippen LogP contribution in [0.25, 0.3) is 5.70 Å². The second-order valence-electron chi connectivity index (χ2n) is 10.7. The first-order valence-corrected chi connectivity index (χ1v) is 14.6. The van der Waals surface area contributed by atoms with E-state index in [1.54, 1.807) is 13.0 Å². The van der Waals surface area contributed by atoms with Crippen LogP contribution in [0.3, 0.4) is 0 Å². The van der Waals surface area contributed by atoms with E-state index in [9.17, 15) is 13.2 Å². The molecule has 1 N–H and O–H groups in total. The van der Waals surface area contributed by atoms with Crippen molar-refractivity contribution < 1.29 is 13.2 Å². The number of piperazine rings is 1. The lowest BCUT2D eigenvalue weighted by atomic mass is 9.82. The fraction of sp³-hybridized carbons (Fsp3) is 0.290. The third-order valence-corrected chi connectivity index (χ3v) is 8.76. The van der Waals surface area contributed by atoms with Crippen molar-refractivity contribution in [2.24, 2.45) is 4.99 Å². The van der Waals surface area contributed by atoms with Gasteiger partial charge in [0.05, 0.1) is 11.1 Å². The van der Waals surface area contributed by atoms with E-state index in [0.717, 1.165) is 22.3 Å². The van der Waals surface area contributed by atoms with Crippen LogP contribution in [-0.4, -0.2) is 64.9 Å². The van der Waals surface area contributed by atoms with Gasteiger partial charge in [0.15, 0.2) is 0 Å². The predicted molar refractivity (Wildman–Crippen MR) is 170 cm³/mol. The van der Waals surface area contributed by atoms with Crippen LogP contribution in [0.15, 0.2) is 89.4 Å². The monoisotopic (exact) mass is 558 g/mol. The highest BCUT2D eigenvalue weighted by Gasteiger charge is 2.35. The smallest absolute Gasteiger partial charge is 0.264 e. The molecular weight excluding hydrogens is 519 g/mol. The van der Waals surface area contributed by atoms with E-state index in [4.69, 9.17) is 0 Å². The van der Waals surface area contributed by atoms with Gasteiger partial charge in [0.2, 0.25) is 5.91 Å². The van der Waals surface area contributed by atoms with E-state index in [-0.39, 0.29) is 16.5 Å². The zero-order valence-corrected chi connectivity index (χ0v) is 25.1. The summed E-state index contributed by atoms with van der Waals surface area (Å²) in [5.41, 5.74) is 5.10. The molecule has 0 spiro atoms. The van der Waals surface area contributed by atoms with Crippen LogP contribution < -0.4 is 10.2 Å². The molecule has 1 aliphatic heterocycles. The summed E-state index contributed by atoms with van der Waals surface area (Å²) >= 11 is 0. The zero-order valence-electron chi connectivity index (χ0n) is 24.3. The molecular formula is C31H39BN4O3S. The van der Waals surface area contributed by atoms with Gasteiger partial charge in [-0.3, -0.25) is 14.5 Å². The number of nitrogens with zero attached hydrogens (tertiary/aromatic N) is 3. The Balaban J connectivity index is 1.70. The number of sulfonamides is 1. The second-order valence-corrected chi connectivity index (χ2v) is 12.4. The van der Waals surface area contributed by atoms with Gasteiger partial charge < -0.3 is 9.80 Å². The topological polar surface area (TPSA) is 82.1 Å². The van der Waals surface area contributed by atoms with E-state index in [2.05, 4.69) is 41.1 Å². The number of nitrogens with one attached hydrogen (secondary N) is 1. The molecule has 2 aromatic carbocycles. The predicted octanol–water partition coefficient (Wildman–Crippen LogP) is 3.76. The quantitative estimate of drug-likeness (QED) is 0.274. The van der Waals surface area contributed by atoms with Gasteiger partial charge in [0, 0.05) is 37.6 Å². The average Bonchev–Trinajstić information content (AvgIpc) is 2.91. The van der Waals surface area contributed by atoms with Gasteiger partial charge in [-0.05, 0) is 63.3 Å². The highest BCUT2D eigenvalue weighted by atomic mass is 32.2. The minimum absolute atomic E-state index is 0.0825. The number of aliphatic imine (C=N–C) groups is 1. The van der Waals surface area contributed by atoms with Crippen molar-refractivity contribution in [3.8, 4) is 0 Å². The Labute approximate surface area is 240 Å². The summed E-state index contributed by atoms with van der Waals surface area (Å²) in [6.45, 7) is 25.4. The molecule has 0 saturated carbocycles. The Kier molecular flexibility index (Phi) is 9.30. The lowest BCUT2D eigenvalue weighted by Crippen LogP contribution is -2.52. The SMILES string of the molecule is Bc1cc(C(=C)N2CCN(C(=O)C(C)(C)c3ccc(C)cc3)CC2)ccc1NS(=O)(=O)/C(C=C)=C(\N=C)C(=C)C. The molecule has 0 aromatic heterocycles. The zero-order chi connectivity index (χ0) is 29.8. The van der Waals surface area contributed by atoms with Crippen molar-refractivity contribution in [2.75, 3.05) is 30.9 Å². The molecule has 0 atom stereocenters. The van der Waals surface area contributed by atoms with Gasteiger partial charge in [0.25, 0.3) is 10.0 Å². The van der Waals surface area contributed by atoms with Crippen LogP contribution in [0.5, 0.6) is 0 Å². The van der Waals surface area contributed by atoms with Crippen molar-refractivity contribution in [3.63, 3.8) is 0 Å². The van der Waals surface area contributed by atoms with E-state index in [0.29, 0.717) is 37.4 Å². The minimum atomic E-state index is -3.96. The summed E-state index contributed by atoms with van der Waals surface area (Å²) in [6, 6.07) is 13.6. The molecule has 1 aliphatic rings. The molecule has 1 saturated heterocycles. The van der Waals surface area contributed by atoms with Crippen molar-refractivity contribution in [1.29, 1.82) is 0 Å². The summed E-state index contributed by atoms with van der Waals surface area (Å²) in [7, 11) is -2.13. The fourth-order valence-electron chi connectivity index (χ4n) is 4.77. The van der Waals surface area contributed by atoms with Crippen molar-refractivity contribution in [1.82, 2.24) is 9.80 Å². The van der Waals surface area contributed by atoms with E-state index < -0.39 is 15.4 Å². The fourth-order valence-corrected chi connectivity index (χ4v) is 6.11. The lowest BCUT2D eigenvalue weighted by Gasteiger charge is -2.40. The van der Waals surface area contributed by atoms with E-state index >= 15 is 0 Å². The summed E-state index contributed by atoms with van der Waals surface area (Å²) in [5, 5.41) is 0. The molecule has 7 nitrogen and oxygen atoms in total. The van der Waals surface area contributed by atoms with Crippen molar-refractivity contribution >= 4 is 47.3 Å². The molecule has 1 heterocycles. The highest BCUT2D eigenvalue weighted by molar-refractivity contribution is 7.96. The lowest BCUT2D eigenvalue weighted by molar-refractivity contribution is -0.137. The molecule has 0 unspecified atom stereocenters. The Bertz CT molecular complexity index is 1480. The third kappa shape index (κ3) is 6.47. The van der Waals surface area contributed by atoms with Crippen LogP contribution in [0, 0.1) is 6.92 Å². The molecule has 40 heavy (non-hydrogen) atoms. The maximum absolute atomic E-state index is 13.4. The number of carbonyl (C=O) groups excluding carboxylic acids is 1. The Morgan fingerprint density at radius 1 is 1.05 bits per heavy atom. The maximum Gasteiger partial charge on any atom is 0.264 e. The number of anilines is 1. The summed E-state index contributed by atoms with van der Waals surface area (Å²) in [5.74, 6) is 0.114. The molecule has 210 valence electrons. The maximum atomic E-state index is 13.4. The average molecular weight is 559 g/mol. The second kappa shape index (κ2) is 12.1. The normalized spacial score (nSPS) is 14.7. The first-order chi connectivity index (χ1) is 18.7. The molecule has 0 bridgehead atoms. The summed E-state index contributed by atoms with van der Waals surface area (Å²) in [6.07, 6.45) is 1.23. The number of allylic oxidation sites excluding steroid dienone is 2. The van der Waals surface area contributed by atoms with Crippen LogP contribution >= 0.6 is 0 Å². The minimum Gasteiger partial charge on any atom is -0.368 e. The number of rotatable bonds is 10. The number of hydrogen-bond donors (Lipinski definition) is 1. The van der Waals surface area contributed by atoms with Crippen LogP contribution in [0.1, 0.15) is 37.5 Å². The molecule has 9 heteroatoms. The number of aryl methyl sites for hydroxylation is 1. The van der Waals surface area contributed by atoms with Gasteiger partial charge in [-0.2, -0.15) is 0 Å². The van der Waals surface area contributed by atoms with Crippen LogP contribution in [-0.2, 0) is 20.2 Å². The van der Waals surface area contributed by atoms with Gasteiger partial charge in [0.1, 0.15) is 12.8 Å². The number of hydrogen-bond acceptors (Lipinski definition) is 5. The van der Waals surface area contributed by atoms with Gasteiger partial charge >= 0.3 is 0 Å². The Morgan fingerprint density at radius 3 is 2.12 bits per heavy atom. The number of carbonyl (C=O) groups is 1. The van der Waals surface area contributed by atoms with Gasteiger partial charge in [-0.15, -0.1) is 0 Å². The molecule has 0 aliphatic carbocycles. The van der Waals surface area contributed by atoms with Crippen molar-refractivity contribution in [3.05, 3.63) is 101 Å².